The maximum absolute atomic E-state index is 12.2. The highest BCUT2D eigenvalue weighted by molar-refractivity contribution is 5.91. The van der Waals surface area contributed by atoms with Crippen LogP contribution in [0.4, 0.5) is 5.69 Å². The summed E-state index contributed by atoms with van der Waals surface area (Å²) in [4.78, 5) is 12.2. The van der Waals surface area contributed by atoms with Crippen molar-refractivity contribution in [1.82, 2.24) is 5.32 Å². The molecular formula is C26H30N2O5. The van der Waals surface area contributed by atoms with Gasteiger partial charge in [-0.3, -0.25) is 4.79 Å². The van der Waals surface area contributed by atoms with Gasteiger partial charge in [0.25, 0.3) is 5.91 Å². The molecule has 3 rings (SSSR count). The molecule has 0 saturated heterocycles. The third-order valence-electron chi connectivity index (χ3n) is 4.86. The van der Waals surface area contributed by atoms with Crippen LogP contribution in [0.1, 0.15) is 18.1 Å². The molecule has 0 aromatic heterocycles. The fourth-order valence-electron chi connectivity index (χ4n) is 3.27. The molecule has 0 atom stereocenters. The van der Waals surface area contributed by atoms with Crippen LogP contribution in [0.15, 0.2) is 66.7 Å². The molecule has 33 heavy (non-hydrogen) atoms. The van der Waals surface area contributed by atoms with E-state index in [1.54, 1.807) is 14.2 Å². The number of para-hydroxylation sites is 1. The number of hydrogen-bond acceptors (Lipinski definition) is 6. The monoisotopic (exact) mass is 450 g/mol. The Balaban J connectivity index is 1.58. The predicted molar refractivity (Wildman–Crippen MR) is 128 cm³/mol. The van der Waals surface area contributed by atoms with Gasteiger partial charge < -0.3 is 29.6 Å². The second kappa shape index (κ2) is 12.4. The highest BCUT2D eigenvalue weighted by atomic mass is 16.5. The zero-order valence-electron chi connectivity index (χ0n) is 19.2. The molecule has 7 nitrogen and oxygen atoms in total. The van der Waals surface area contributed by atoms with Gasteiger partial charge in [0, 0.05) is 24.3 Å². The first-order valence-electron chi connectivity index (χ1n) is 10.8. The molecule has 0 unspecified atom stereocenters. The number of anilines is 1. The van der Waals surface area contributed by atoms with Crippen LogP contribution in [0.3, 0.4) is 0 Å². The van der Waals surface area contributed by atoms with Gasteiger partial charge in [-0.1, -0.05) is 24.3 Å². The minimum absolute atomic E-state index is 0.109. The number of carbonyl (C=O) groups excluding carboxylic acids is 1. The van der Waals surface area contributed by atoms with Gasteiger partial charge in [-0.15, -0.1) is 0 Å². The van der Waals surface area contributed by atoms with E-state index in [-0.39, 0.29) is 12.5 Å². The van der Waals surface area contributed by atoms with Crippen molar-refractivity contribution in [2.75, 3.05) is 32.8 Å². The first kappa shape index (κ1) is 23.9. The summed E-state index contributed by atoms with van der Waals surface area (Å²) in [6.45, 7) is 3.52. The number of rotatable bonds is 12. The van der Waals surface area contributed by atoms with Gasteiger partial charge in [0.15, 0.2) is 18.1 Å². The summed E-state index contributed by atoms with van der Waals surface area (Å²) in [5.74, 6) is 2.48. The number of ether oxygens (including phenoxy) is 4. The van der Waals surface area contributed by atoms with E-state index < -0.39 is 0 Å². The summed E-state index contributed by atoms with van der Waals surface area (Å²) in [5, 5.41) is 6.22. The van der Waals surface area contributed by atoms with Crippen LogP contribution in [0.25, 0.3) is 0 Å². The van der Waals surface area contributed by atoms with Crippen molar-refractivity contribution in [1.29, 1.82) is 0 Å². The minimum atomic E-state index is -0.235. The second-order valence-electron chi connectivity index (χ2n) is 7.20. The molecule has 1 amide bonds. The Hall–Kier alpha value is -3.71. The molecule has 2 N–H and O–H groups in total. The lowest BCUT2D eigenvalue weighted by Crippen LogP contribution is -2.20. The van der Waals surface area contributed by atoms with E-state index in [1.807, 2.05) is 73.7 Å². The second-order valence-corrected chi connectivity index (χ2v) is 7.20. The average molecular weight is 451 g/mol. The Morgan fingerprint density at radius 3 is 2.33 bits per heavy atom. The lowest BCUT2D eigenvalue weighted by atomic mass is 10.1. The van der Waals surface area contributed by atoms with Gasteiger partial charge in [0.05, 0.1) is 20.8 Å². The summed E-state index contributed by atoms with van der Waals surface area (Å²) in [5.41, 5.74) is 2.76. The quantitative estimate of drug-likeness (QED) is 0.426. The minimum Gasteiger partial charge on any atom is -0.497 e. The molecule has 3 aromatic rings. The lowest BCUT2D eigenvalue weighted by Gasteiger charge is -2.14. The molecule has 0 saturated carbocycles. The number of methoxy groups -OCH3 is 2. The van der Waals surface area contributed by atoms with E-state index in [0.717, 1.165) is 28.3 Å². The number of hydrogen-bond donors (Lipinski definition) is 2. The number of nitrogens with one attached hydrogen (secondary N) is 2. The van der Waals surface area contributed by atoms with Crippen LogP contribution in [0.2, 0.25) is 0 Å². The molecule has 0 aliphatic rings. The molecule has 0 spiro atoms. The van der Waals surface area contributed by atoms with Gasteiger partial charge in [0.1, 0.15) is 11.5 Å². The average Bonchev–Trinajstić information content (AvgIpc) is 2.84. The zero-order chi connectivity index (χ0) is 23.5. The van der Waals surface area contributed by atoms with Gasteiger partial charge >= 0.3 is 0 Å². The molecule has 0 aliphatic carbocycles. The molecule has 0 bridgehead atoms. The third-order valence-corrected chi connectivity index (χ3v) is 4.86. The van der Waals surface area contributed by atoms with E-state index in [4.69, 9.17) is 18.9 Å². The van der Waals surface area contributed by atoms with E-state index in [2.05, 4.69) is 10.6 Å². The molecule has 0 radical (unpaired) electrons. The summed E-state index contributed by atoms with van der Waals surface area (Å²) in [6.07, 6.45) is 0. The summed E-state index contributed by atoms with van der Waals surface area (Å²) in [6, 6.07) is 20.7. The third kappa shape index (κ3) is 7.15. The van der Waals surface area contributed by atoms with E-state index in [1.165, 1.54) is 0 Å². The Morgan fingerprint density at radius 1 is 0.818 bits per heavy atom. The van der Waals surface area contributed by atoms with Gasteiger partial charge in [-0.05, 0) is 55.0 Å². The fraction of sp³-hybridized carbons (Fsp3) is 0.269. The first-order valence-corrected chi connectivity index (χ1v) is 10.8. The maximum atomic E-state index is 12.2. The van der Waals surface area contributed by atoms with Crippen LogP contribution < -0.4 is 29.6 Å². The predicted octanol–water partition coefficient (Wildman–Crippen LogP) is 4.41. The number of benzene rings is 3. The van der Waals surface area contributed by atoms with Crippen LogP contribution in [0, 0.1) is 0 Å². The summed E-state index contributed by atoms with van der Waals surface area (Å²) >= 11 is 0. The van der Waals surface area contributed by atoms with Crippen molar-refractivity contribution in [2.45, 2.75) is 20.0 Å². The summed E-state index contributed by atoms with van der Waals surface area (Å²) < 4.78 is 22.2. The SMILES string of the molecule is CCOc1cc(CNCc2cc(OC)ccc2OC)ccc1OCC(=O)Nc1ccccc1. The topological polar surface area (TPSA) is 78.1 Å². The van der Waals surface area contributed by atoms with Gasteiger partial charge in [-0.25, -0.2) is 0 Å². The largest absolute Gasteiger partial charge is 0.497 e. The normalized spacial score (nSPS) is 10.4. The first-order chi connectivity index (χ1) is 16.1. The zero-order valence-corrected chi connectivity index (χ0v) is 19.2. The Labute approximate surface area is 194 Å². The fourth-order valence-corrected chi connectivity index (χ4v) is 3.27. The van der Waals surface area contributed by atoms with E-state index in [9.17, 15) is 4.79 Å². The molecule has 0 heterocycles. The molecule has 7 heteroatoms. The van der Waals surface area contributed by atoms with Crippen LogP contribution in [-0.2, 0) is 17.9 Å². The van der Waals surface area contributed by atoms with E-state index >= 15 is 0 Å². The van der Waals surface area contributed by atoms with Gasteiger partial charge in [-0.2, -0.15) is 0 Å². The Kier molecular flexibility index (Phi) is 8.97. The van der Waals surface area contributed by atoms with E-state index in [0.29, 0.717) is 31.2 Å². The number of carbonyl (C=O) groups is 1. The highest BCUT2D eigenvalue weighted by Gasteiger charge is 2.10. The van der Waals surface area contributed by atoms with Crippen molar-refractivity contribution >= 4 is 11.6 Å². The molecule has 0 fully saturated rings. The van der Waals surface area contributed by atoms with Crippen molar-refractivity contribution < 1.29 is 23.7 Å². The summed E-state index contributed by atoms with van der Waals surface area (Å²) in [7, 11) is 3.29. The van der Waals surface area contributed by atoms with Crippen LogP contribution in [-0.4, -0.2) is 33.3 Å². The van der Waals surface area contributed by atoms with Crippen LogP contribution in [0.5, 0.6) is 23.0 Å². The molecule has 174 valence electrons. The van der Waals surface area contributed by atoms with Crippen molar-refractivity contribution in [3.63, 3.8) is 0 Å². The van der Waals surface area contributed by atoms with Crippen LogP contribution >= 0.6 is 0 Å². The molecule has 3 aromatic carbocycles. The standard InChI is InChI=1S/C26H30N2O5/c1-4-32-25-14-19(16-27-17-20-15-22(30-2)11-13-23(20)31-3)10-12-24(25)33-18-26(29)28-21-8-6-5-7-9-21/h5-15,27H,4,16-18H2,1-3H3,(H,28,29). The van der Waals surface area contributed by atoms with Crippen molar-refractivity contribution in [3.8, 4) is 23.0 Å². The van der Waals surface area contributed by atoms with Crippen molar-refractivity contribution in [2.24, 2.45) is 0 Å². The van der Waals surface area contributed by atoms with Crippen molar-refractivity contribution in [3.05, 3.63) is 77.9 Å². The lowest BCUT2D eigenvalue weighted by molar-refractivity contribution is -0.118. The molecular weight excluding hydrogens is 420 g/mol. The smallest absolute Gasteiger partial charge is 0.262 e. The number of amides is 1. The Morgan fingerprint density at radius 2 is 1.61 bits per heavy atom. The molecule has 0 aliphatic heterocycles. The Bertz CT molecular complexity index is 1040. The van der Waals surface area contributed by atoms with Gasteiger partial charge in [0.2, 0.25) is 0 Å². The highest BCUT2D eigenvalue weighted by Crippen LogP contribution is 2.29. The maximum Gasteiger partial charge on any atom is 0.262 e.